The quantitative estimate of drug-likeness (QED) is 0.446. The van der Waals surface area contributed by atoms with E-state index in [4.69, 9.17) is 11.6 Å². The van der Waals surface area contributed by atoms with Gasteiger partial charge in [0.25, 0.3) is 0 Å². The molecule has 52 valence electrons. The molecule has 0 aromatic heterocycles. The molecule has 0 saturated carbocycles. The van der Waals surface area contributed by atoms with Crippen LogP contribution in [0.2, 0.25) is 0 Å². The predicted octanol–water partition coefficient (Wildman–Crippen LogP) is 1.56. The highest BCUT2D eigenvalue weighted by molar-refractivity contribution is 6.17. The third kappa shape index (κ3) is 1.78. The Hall–Kier alpha value is -0.425. The molecule has 0 heterocycles. The van der Waals surface area contributed by atoms with Crippen molar-refractivity contribution in [1.29, 1.82) is 0 Å². The molecule has 0 nitrogen and oxygen atoms in total. The number of hydrogen-bond acceptors (Lipinski definition) is 0. The standard InChI is InChI=1S/C8H10BCl/c9-5-7-1-3-8(6-10)4-2-7/h1-4H,5-6,9H2. The maximum absolute atomic E-state index is 5.62. The summed E-state index contributed by atoms with van der Waals surface area (Å²) in [5.74, 6) is 0.615. The molecule has 2 heteroatoms. The van der Waals surface area contributed by atoms with E-state index < -0.39 is 0 Å². The lowest BCUT2D eigenvalue weighted by Crippen LogP contribution is -1.83. The Bertz CT molecular complexity index is 170. The van der Waals surface area contributed by atoms with Crippen molar-refractivity contribution in [3.05, 3.63) is 35.4 Å². The van der Waals surface area contributed by atoms with Gasteiger partial charge in [0.2, 0.25) is 0 Å². The van der Waals surface area contributed by atoms with Gasteiger partial charge in [0, 0.05) is 5.88 Å². The van der Waals surface area contributed by atoms with Crippen molar-refractivity contribution in [2.24, 2.45) is 0 Å². The van der Waals surface area contributed by atoms with Gasteiger partial charge in [0.1, 0.15) is 7.85 Å². The van der Waals surface area contributed by atoms with Crippen LogP contribution in [0.15, 0.2) is 24.3 Å². The van der Waals surface area contributed by atoms with Gasteiger partial charge in [-0.25, -0.2) is 0 Å². The largest absolute Gasteiger partial charge is 0.122 e. The fraction of sp³-hybridized carbons (Fsp3) is 0.250. The monoisotopic (exact) mass is 152 g/mol. The first-order valence-corrected chi connectivity index (χ1v) is 4.04. The molecule has 0 aliphatic carbocycles. The van der Waals surface area contributed by atoms with Crippen molar-refractivity contribution in [2.45, 2.75) is 12.2 Å². The SMILES string of the molecule is BCc1ccc(CCl)cc1. The van der Waals surface area contributed by atoms with Crippen molar-refractivity contribution in [3.63, 3.8) is 0 Å². The summed E-state index contributed by atoms with van der Waals surface area (Å²) in [7, 11) is 2.15. The van der Waals surface area contributed by atoms with Crippen LogP contribution in [-0.4, -0.2) is 7.85 Å². The Balaban J connectivity index is 2.80. The predicted molar refractivity (Wildman–Crippen MR) is 48.2 cm³/mol. The number of hydrogen-bond donors (Lipinski definition) is 0. The van der Waals surface area contributed by atoms with Gasteiger partial charge in [-0.1, -0.05) is 36.1 Å². The van der Waals surface area contributed by atoms with Gasteiger partial charge >= 0.3 is 0 Å². The fourth-order valence-corrected chi connectivity index (χ4v) is 1.04. The van der Waals surface area contributed by atoms with Gasteiger partial charge in [0.15, 0.2) is 0 Å². The van der Waals surface area contributed by atoms with E-state index in [0.717, 1.165) is 6.32 Å². The molecule has 0 atom stereocenters. The molecule has 1 aromatic carbocycles. The van der Waals surface area contributed by atoms with Crippen molar-refractivity contribution < 1.29 is 0 Å². The molecular formula is C8H10BCl. The zero-order valence-corrected chi connectivity index (χ0v) is 6.86. The average Bonchev–Trinajstić information content (AvgIpc) is 2.05. The molecule has 0 amide bonds. The lowest BCUT2D eigenvalue weighted by Gasteiger charge is -1.96. The second kappa shape index (κ2) is 3.67. The van der Waals surface area contributed by atoms with Gasteiger partial charge < -0.3 is 0 Å². The minimum atomic E-state index is 0.615. The maximum Gasteiger partial charge on any atom is 0.107 e. The molecular weight excluding hydrogens is 142 g/mol. The van der Waals surface area contributed by atoms with Crippen LogP contribution in [0, 0.1) is 0 Å². The van der Waals surface area contributed by atoms with Crippen LogP contribution in [0.1, 0.15) is 11.1 Å². The van der Waals surface area contributed by atoms with E-state index in [9.17, 15) is 0 Å². The molecule has 0 spiro atoms. The van der Waals surface area contributed by atoms with Gasteiger partial charge in [-0.2, -0.15) is 0 Å². The third-order valence-electron chi connectivity index (χ3n) is 1.59. The van der Waals surface area contributed by atoms with Crippen molar-refractivity contribution in [2.75, 3.05) is 0 Å². The zero-order valence-electron chi connectivity index (χ0n) is 6.10. The third-order valence-corrected chi connectivity index (χ3v) is 1.89. The Morgan fingerprint density at radius 2 is 1.60 bits per heavy atom. The van der Waals surface area contributed by atoms with Crippen LogP contribution >= 0.6 is 11.6 Å². The summed E-state index contributed by atoms with van der Waals surface area (Å²) in [6.07, 6.45) is 1.10. The van der Waals surface area contributed by atoms with Crippen LogP contribution in [0.3, 0.4) is 0 Å². The molecule has 1 rings (SSSR count). The highest BCUT2D eigenvalue weighted by Gasteiger charge is 1.89. The first-order valence-electron chi connectivity index (χ1n) is 3.50. The Morgan fingerprint density at radius 3 is 2.00 bits per heavy atom. The van der Waals surface area contributed by atoms with E-state index in [1.54, 1.807) is 0 Å². The number of rotatable bonds is 2. The van der Waals surface area contributed by atoms with Crippen molar-refractivity contribution >= 4 is 19.4 Å². The average molecular weight is 152 g/mol. The zero-order chi connectivity index (χ0) is 7.40. The van der Waals surface area contributed by atoms with Crippen molar-refractivity contribution in [1.82, 2.24) is 0 Å². The molecule has 0 aliphatic rings. The molecule has 0 bridgehead atoms. The second-order valence-electron chi connectivity index (χ2n) is 2.30. The number of benzene rings is 1. The normalized spacial score (nSPS) is 9.70. The molecule has 10 heavy (non-hydrogen) atoms. The fourth-order valence-electron chi connectivity index (χ4n) is 0.864. The smallest absolute Gasteiger partial charge is 0.107 e. The van der Waals surface area contributed by atoms with Crippen LogP contribution in [0.4, 0.5) is 0 Å². The van der Waals surface area contributed by atoms with Crippen LogP contribution in [0.25, 0.3) is 0 Å². The summed E-state index contributed by atoms with van der Waals surface area (Å²) in [6, 6.07) is 8.40. The summed E-state index contributed by atoms with van der Waals surface area (Å²) in [6.45, 7) is 0. The van der Waals surface area contributed by atoms with Crippen LogP contribution in [-0.2, 0) is 12.2 Å². The Kier molecular flexibility index (Phi) is 2.82. The molecule has 0 aliphatic heterocycles. The van der Waals surface area contributed by atoms with Crippen LogP contribution < -0.4 is 0 Å². The number of halogens is 1. The first-order chi connectivity index (χ1) is 4.86. The highest BCUT2D eigenvalue weighted by Crippen LogP contribution is 2.05. The molecule has 0 radical (unpaired) electrons. The highest BCUT2D eigenvalue weighted by atomic mass is 35.5. The maximum atomic E-state index is 5.62. The summed E-state index contributed by atoms with van der Waals surface area (Å²) in [5, 5.41) is 0. The minimum Gasteiger partial charge on any atom is -0.122 e. The Morgan fingerprint density at radius 1 is 1.10 bits per heavy atom. The first kappa shape index (κ1) is 7.68. The van der Waals surface area contributed by atoms with E-state index in [2.05, 4.69) is 32.1 Å². The topological polar surface area (TPSA) is 0 Å². The molecule has 0 N–H and O–H groups in total. The van der Waals surface area contributed by atoms with E-state index in [1.165, 1.54) is 11.1 Å². The summed E-state index contributed by atoms with van der Waals surface area (Å²) < 4.78 is 0. The molecule has 0 saturated heterocycles. The molecule has 0 unspecified atom stereocenters. The number of alkyl halides is 1. The molecule has 0 fully saturated rings. The Labute approximate surface area is 67.6 Å². The summed E-state index contributed by atoms with van der Waals surface area (Å²) in [5.41, 5.74) is 2.56. The minimum absolute atomic E-state index is 0.615. The second-order valence-corrected chi connectivity index (χ2v) is 2.57. The van der Waals surface area contributed by atoms with Gasteiger partial charge in [-0.05, 0) is 5.56 Å². The van der Waals surface area contributed by atoms with E-state index in [1.807, 2.05) is 0 Å². The van der Waals surface area contributed by atoms with E-state index >= 15 is 0 Å². The van der Waals surface area contributed by atoms with E-state index in [-0.39, 0.29) is 0 Å². The van der Waals surface area contributed by atoms with Crippen LogP contribution in [0.5, 0.6) is 0 Å². The van der Waals surface area contributed by atoms with Gasteiger partial charge in [0.05, 0.1) is 0 Å². The lowest BCUT2D eigenvalue weighted by atomic mass is 9.96. The molecule has 1 aromatic rings. The van der Waals surface area contributed by atoms with Gasteiger partial charge in [-0.15, -0.1) is 11.6 Å². The van der Waals surface area contributed by atoms with Gasteiger partial charge in [-0.3, -0.25) is 0 Å². The summed E-state index contributed by atoms with van der Waals surface area (Å²) >= 11 is 5.62. The van der Waals surface area contributed by atoms with Crippen molar-refractivity contribution in [3.8, 4) is 0 Å². The lowest BCUT2D eigenvalue weighted by molar-refractivity contribution is 1.33. The van der Waals surface area contributed by atoms with E-state index in [0.29, 0.717) is 5.88 Å². The summed E-state index contributed by atoms with van der Waals surface area (Å²) in [4.78, 5) is 0.